The summed E-state index contributed by atoms with van der Waals surface area (Å²) in [5.74, 6) is -3.52. The Morgan fingerprint density at radius 3 is 2.44 bits per heavy atom. The standard InChI is InChI=1S/C39H50N6O11S3/c1-8-40-31-17-21(4)58(51,52)39-28(31)20-34(57-39)59(53,54)44-36(48)24(7)55-32(46)13-14-33(47)56-25-11-12-29-26(18-25)27(37(49)43-29)19-30-22(5)35(23(6)42-30)38(50)41-15-16-45(9-2)10-3/h11-12,18-21,24,31,40,42H,8-10,13-17H2,1-7H3,(H,41,50)(H,43,49)(H,44,48)/b27-19-/t21-,24?,31-/m0/s1. The first-order valence-electron chi connectivity index (χ1n) is 19.3. The van der Waals surface area contributed by atoms with Crippen LogP contribution in [0.15, 0.2) is 32.7 Å². The number of aromatic nitrogens is 1. The minimum Gasteiger partial charge on any atom is -0.452 e. The molecule has 3 amide bonds. The molecule has 17 nitrogen and oxygen atoms in total. The smallest absolute Gasteiger partial charge is 0.311 e. The van der Waals surface area contributed by atoms with Gasteiger partial charge >= 0.3 is 11.9 Å². The van der Waals surface area contributed by atoms with Crippen molar-refractivity contribution >= 4 is 78.2 Å². The van der Waals surface area contributed by atoms with E-state index in [0.29, 0.717) is 70.3 Å². The highest BCUT2D eigenvalue weighted by atomic mass is 32.3. The highest BCUT2D eigenvalue weighted by Gasteiger charge is 2.40. The fraction of sp³-hybridized carbons (Fsp3) is 0.462. The summed E-state index contributed by atoms with van der Waals surface area (Å²) in [5, 5.41) is 8.16. The van der Waals surface area contributed by atoms with Crippen molar-refractivity contribution < 1.29 is 50.3 Å². The van der Waals surface area contributed by atoms with Crippen LogP contribution in [0.3, 0.4) is 0 Å². The number of ether oxygens (including phenoxy) is 2. The van der Waals surface area contributed by atoms with Crippen molar-refractivity contribution in [3.05, 3.63) is 57.9 Å². The van der Waals surface area contributed by atoms with Crippen molar-refractivity contribution in [2.24, 2.45) is 0 Å². The van der Waals surface area contributed by atoms with Gasteiger partial charge in [0.15, 0.2) is 15.9 Å². The number of hydrogen-bond donors (Lipinski definition) is 5. The number of carbonyl (C=O) groups is 5. The Morgan fingerprint density at radius 1 is 1.07 bits per heavy atom. The third-order valence-electron chi connectivity index (χ3n) is 10.2. The Labute approximate surface area is 347 Å². The van der Waals surface area contributed by atoms with Crippen LogP contribution in [0.5, 0.6) is 5.75 Å². The number of anilines is 1. The number of likely N-dealkylation sites (N-methyl/N-ethyl adjacent to an activating group) is 1. The maximum absolute atomic E-state index is 13.1. The molecule has 3 aromatic rings. The van der Waals surface area contributed by atoms with Crippen LogP contribution in [0.2, 0.25) is 0 Å². The summed E-state index contributed by atoms with van der Waals surface area (Å²) in [4.78, 5) is 69.6. The molecule has 5 rings (SSSR count). The first kappa shape index (κ1) is 45.2. The van der Waals surface area contributed by atoms with Crippen LogP contribution < -0.4 is 25.4 Å². The van der Waals surface area contributed by atoms with Crippen molar-refractivity contribution in [2.45, 2.75) is 93.5 Å². The quantitative estimate of drug-likeness (QED) is 0.0742. The van der Waals surface area contributed by atoms with Crippen molar-refractivity contribution in [3.8, 4) is 5.75 Å². The molecule has 59 heavy (non-hydrogen) atoms. The lowest BCUT2D eigenvalue weighted by Gasteiger charge is -2.27. The summed E-state index contributed by atoms with van der Waals surface area (Å²) in [6.45, 7) is 15.7. The number of thiophene rings is 1. The zero-order valence-corrected chi connectivity index (χ0v) is 36.4. The number of hydrogen-bond acceptors (Lipinski definition) is 14. The molecular weight excluding hydrogens is 825 g/mol. The van der Waals surface area contributed by atoms with Crippen molar-refractivity contribution in [1.82, 2.24) is 25.2 Å². The SMILES string of the molecule is CCN[C@H]1C[C@H](C)S(=O)(=O)c2sc(S(=O)(=O)NC(=O)C(C)OC(=O)CCC(=O)Oc3ccc4c(c3)/C(=C/c3[nH]c(C)c(C(=O)NCCN(CC)CC)c3C)C(=O)N4)cc21. The molecule has 320 valence electrons. The number of sulfonamides is 1. The number of H-pyrrole nitrogens is 1. The zero-order chi connectivity index (χ0) is 43.4. The van der Waals surface area contributed by atoms with E-state index in [1.54, 1.807) is 32.9 Å². The van der Waals surface area contributed by atoms with Crippen LogP contribution >= 0.6 is 11.3 Å². The van der Waals surface area contributed by atoms with Crippen molar-refractivity contribution in [1.29, 1.82) is 0 Å². The average molecular weight is 875 g/mol. The van der Waals surface area contributed by atoms with Crippen LogP contribution in [0.25, 0.3) is 11.6 Å². The molecular formula is C39H50N6O11S3. The highest BCUT2D eigenvalue weighted by Crippen LogP contribution is 2.43. The van der Waals surface area contributed by atoms with E-state index in [1.807, 2.05) is 11.6 Å². The maximum atomic E-state index is 13.1. The van der Waals surface area contributed by atoms with E-state index < -0.39 is 67.8 Å². The van der Waals surface area contributed by atoms with E-state index in [9.17, 15) is 40.8 Å². The van der Waals surface area contributed by atoms with Gasteiger partial charge in [-0.1, -0.05) is 20.8 Å². The van der Waals surface area contributed by atoms with Gasteiger partial charge in [-0.2, -0.15) is 0 Å². The van der Waals surface area contributed by atoms with Gasteiger partial charge in [0, 0.05) is 47.3 Å². The molecule has 2 aliphatic rings. The van der Waals surface area contributed by atoms with Gasteiger partial charge in [0.05, 0.1) is 29.2 Å². The van der Waals surface area contributed by atoms with E-state index in [1.165, 1.54) is 18.2 Å². The molecule has 2 aliphatic heterocycles. The molecule has 0 saturated heterocycles. The predicted molar refractivity (Wildman–Crippen MR) is 221 cm³/mol. The lowest BCUT2D eigenvalue weighted by molar-refractivity contribution is -0.155. The highest BCUT2D eigenvalue weighted by molar-refractivity contribution is 7.95. The van der Waals surface area contributed by atoms with Crippen molar-refractivity contribution in [2.75, 3.05) is 38.0 Å². The second kappa shape index (κ2) is 18.6. The number of aryl methyl sites for hydroxylation is 1. The van der Waals surface area contributed by atoms with Crippen molar-refractivity contribution in [3.63, 3.8) is 0 Å². The van der Waals surface area contributed by atoms with Gasteiger partial charge in [-0.25, -0.2) is 21.6 Å². The van der Waals surface area contributed by atoms with Gasteiger partial charge in [-0.3, -0.25) is 24.0 Å². The van der Waals surface area contributed by atoms with Gasteiger partial charge in [0.2, 0.25) is 0 Å². The monoisotopic (exact) mass is 874 g/mol. The largest absolute Gasteiger partial charge is 0.452 e. The van der Waals surface area contributed by atoms with Gasteiger partial charge in [0.1, 0.15) is 14.2 Å². The van der Waals surface area contributed by atoms with Gasteiger partial charge in [-0.05, 0) is 89.7 Å². The lowest BCUT2D eigenvalue weighted by Crippen LogP contribution is -2.39. The number of aromatic amines is 1. The molecule has 1 unspecified atom stereocenters. The first-order chi connectivity index (χ1) is 27.8. The second-order valence-corrected chi connectivity index (χ2v) is 19.8. The van der Waals surface area contributed by atoms with E-state index in [-0.39, 0.29) is 38.1 Å². The lowest BCUT2D eigenvalue weighted by atomic mass is 10.0. The Balaban J connectivity index is 1.17. The van der Waals surface area contributed by atoms with E-state index in [2.05, 4.69) is 39.7 Å². The third kappa shape index (κ3) is 10.1. The van der Waals surface area contributed by atoms with Crippen LogP contribution in [0.4, 0.5) is 5.69 Å². The summed E-state index contributed by atoms with van der Waals surface area (Å²) in [7, 11) is -8.30. The Morgan fingerprint density at radius 2 is 1.76 bits per heavy atom. The molecule has 0 bridgehead atoms. The van der Waals surface area contributed by atoms with E-state index in [4.69, 9.17) is 9.47 Å². The minimum atomic E-state index is -4.53. The van der Waals surface area contributed by atoms with Crippen LogP contribution in [-0.2, 0) is 43.8 Å². The summed E-state index contributed by atoms with van der Waals surface area (Å²) in [5.41, 5.74) is 3.85. The molecule has 3 atom stereocenters. The molecule has 2 aromatic heterocycles. The van der Waals surface area contributed by atoms with Gasteiger partial charge in [0.25, 0.3) is 27.7 Å². The molecule has 0 aliphatic carbocycles. The number of fused-ring (bicyclic) bond motifs is 2. The van der Waals surface area contributed by atoms with Crippen LogP contribution in [0.1, 0.15) is 98.4 Å². The number of nitrogens with one attached hydrogen (secondary N) is 5. The van der Waals surface area contributed by atoms with E-state index >= 15 is 0 Å². The molecule has 20 heteroatoms. The molecule has 0 saturated carbocycles. The molecule has 5 N–H and O–H groups in total. The Hall–Kier alpha value is -4.89. The third-order valence-corrected chi connectivity index (χ3v) is 15.9. The number of rotatable bonds is 17. The Kier molecular flexibility index (Phi) is 14.2. The summed E-state index contributed by atoms with van der Waals surface area (Å²) in [6, 6.07) is 5.37. The fourth-order valence-electron chi connectivity index (χ4n) is 6.87. The molecule has 0 fully saturated rings. The number of amides is 3. The van der Waals surface area contributed by atoms with Crippen LogP contribution in [0, 0.1) is 13.8 Å². The topological polar surface area (TPSA) is 239 Å². The predicted octanol–water partition coefficient (Wildman–Crippen LogP) is 3.60. The Bertz CT molecular complexity index is 2400. The first-order valence-corrected chi connectivity index (χ1v) is 23.1. The number of carbonyl (C=O) groups excluding carboxylic acids is 5. The number of esters is 2. The molecule has 4 heterocycles. The second-order valence-electron chi connectivity index (χ2n) is 14.3. The normalized spacial score (nSPS) is 18.2. The average Bonchev–Trinajstić information content (AvgIpc) is 3.85. The fourth-order valence-corrected chi connectivity index (χ4v) is 11.9. The molecule has 0 spiro atoms. The van der Waals surface area contributed by atoms with E-state index in [0.717, 1.165) is 20.0 Å². The molecule has 1 aromatic carbocycles. The number of sulfone groups is 1. The zero-order valence-electron chi connectivity index (χ0n) is 33.9. The molecule has 0 radical (unpaired) electrons. The van der Waals surface area contributed by atoms with Gasteiger partial charge < -0.3 is 35.3 Å². The number of benzene rings is 1. The summed E-state index contributed by atoms with van der Waals surface area (Å²) >= 11 is 0.547. The summed E-state index contributed by atoms with van der Waals surface area (Å²) < 4.78 is 64.1. The summed E-state index contributed by atoms with van der Waals surface area (Å²) in [6.07, 6.45) is -0.658. The maximum Gasteiger partial charge on any atom is 0.311 e. The number of nitrogens with zero attached hydrogens (tertiary/aromatic N) is 1. The minimum absolute atomic E-state index is 0.0806. The van der Waals surface area contributed by atoms with Gasteiger partial charge in [-0.15, -0.1) is 11.3 Å². The van der Waals surface area contributed by atoms with Crippen LogP contribution in [-0.4, -0.2) is 100 Å².